The van der Waals surface area contributed by atoms with Crippen molar-refractivity contribution in [3.05, 3.63) is 53.2 Å². The SMILES string of the molecule is CCN(CC)[C@@H](C)Cc1c(C(N)=O)cc(-c2cnn3ccc(-c4cccs4)nc23)nc1O[C@@H]1CCOC1. The molecule has 0 radical (unpaired) electrons. The lowest BCUT2D eigenvalue weighted by molar-refractivity contribution is 0.0996. The molecule has 37 heavy (non-hydrogen) atoms. The predicted molar refractivity (Wildman–Crippen MR) is 144 cm³/mol. The maximum atomic E-state index is 12.8. The fraction of sp³-hybridized carbons (Fsp3) is 0.407. The number of amides is 1. The minimum absolute atomic E-state index is 0.126. The van der Waals surface area contributed by atoms with E-state index in [4.69, 9.17) is 25.2 Å². The average Bonchev–Trinajstić information content (AvgIpc) is 3.67. The highest BCUT2D eigenvalue weighted by atomic mass is 32.1. The summed E-state index contributed by atoms with van der Waals surface area (Å²) >= 11 is 1.62. The van der Waals surface area contributed by atoms with Crippen molar-refractivity contribution in [2.45, 2.75) is 45.8 Å². The first-order chi connectivity index (χ1) is 18.0. The van der Waals surface area contributed by atoms with Crippen LogP contribution in [0.4, 0.5) is 0 Å². The number of aromatic nitrogens is 4. The first-order valence-electron chi connectivity index (χ1n) is 12.7. The Morgan fingerprint density at radius 3 is 2.81 bits per heavy atom. The molecule has 0 aromatic carbocycles. The highest BCUT2D eigenvalue weighted by Crippen LogP contribution is 2.33. The van der Waals surface area contributed by atoms with Gasteiger partial charge < -0.3 is 20.1 Å². The zero-order valence-corrected chi connectivity index (χ0v) is 22.2. The number of carbonyl (C=O) groups is 1. The molecular weight excluding hydrogens is 488 g/mol. The molecule has 9 nitrogen and oxygen atoms in total. The van der Waals surface area contributed by atoms with Crippen LogP contribution in [0.5, 0.6) is 5.88 Å². The molecule has 0 bridgehead atoms. The molecule has 0 spiro atoms. The van der Waals surface area contributed by atoms with Gasteiger partial charge in [0.25, 0.3) is 0 Å². The van der Waals surface area contributed by atoms with Crippen molar-refractivity contribution < 1.29 is 14.3 Å². The maximum Gasteiger partial charge on any atom is 0.249 e. The van der Waals surface area contributed by atoms with E-state index in [1.807, 2.05) is 29.8 Å². The smallest absolute Gasteiger partial charge is 0.249 e. The monoisotopic (exact) mass is 520 g/mol. The van der Waals surface area contributed by atoms with Crippen molar-refractivity contribution in [1.29, 1.82) is 0 Å². The normalized spacial score (nSPS) is 16.5. The number of hydrogen-bond acceptors (Lipinski definition) is 8. The van der Waals surface area contributed by atoms with Crippen LogP contribution in [0.1, 0.15) is 43.1 Å². The Kier molecular flexibility index (Phi) is 7.50. The number of rotatable bonds is 10. The standard InChI is InChI=1S/C27H32N6O3S/c1-4-32(5-2)17(3)13-20-19(25(28)34)14-23(31-27(20)36-18-9-11-35-16-18)21-15-29-33-10-8-22(30-26(21)33)24-7-6-12-37-24/h6-8,10,12,14-15,17-18H,4-5,9,11,13,16H2,1-3H3,(H2,28,34)/t17-,18+/m0/s1. The second-order valence-corrected chi connectivity index (χ2v) is 10.1. The highest BCUT2D eigenvalue weighted by molar-refractivity contribution is 7.13. The summed E-state index contributed by atoms with van der Waals surface area (Å²) in [5.41, 5.74) is 9.82. The Hall–Kier alpha value is -3.34. The Labute approximate surface area is 220 Å². The Morgan fingerprint density at radius 1 is 1.30 bits per heavy atom. The van der Waals surface area contributed by atoms with Crippen molar-refractivity contribution >= 4 is 22.9 Å². The molecule has 0 unspecified atom stereocenters. The number of nitrogens with two attached hydrogens (primary N) is 1. The Morgan fingerprint density at radius 2 is 2.14 bits per heavy atom. The van der Waals surface area contributed by atoms with E-state index >= 15 is 0 Å². The van der Waals surface area contributed by atoms with Gasteiger partial charge in [0.2, 0.25) is 11.8 Å². The van der Waals surface area contributed by atoms with E-state index < -0.39 is 5.91 Å². The fourth-order valence-corrected chi connectivity index (χ4v) is 5.54. The molecule has 5 rings (SSSR count). The first kappa shape index (κ1) is 25.3. The second-order valence-electron chi connectivity index (χ2n) is 9.20. The van der Waals surface area contributed by atoms with Crippen LogP contribution in [0.15, 0.2) is 42.0 Å². The number of thiophene rings is 1. The average molecular weight is 521 g/mol. The third-order valence-corrected chi connectivity index (χ3v) is 7.76. The highest BCUT2D eigenvalue weighted by Gasteiger charge is 2.26. The van der Waals surface area contributed by atoms with Crippen molar-refractivity contribution in [2.24, 2.45) is 5.73 Å². The molecule has 0 aliphatic carbocycles. The van der Waals surface area contributed by atoms with E-state index in [0.717, 1.165) is 35.6 Å². The summed E-state index contributed by atoms with van der Waals surface area (Å²) in [6, 6.07) is 7.89. The number of hydrogen-bond donors (Lipinski definition) is 1. The van der Waals surface area contributed by atoms with Gasteiger partial charge in [0.1, 0.15) is 6.10 Å². The van der Waals surface area contributed by atoms with Crippen molar-refractivity contribution in [2.75, 3.05) is 26.3 Å². The van der Waals surface area contributed by atoms with E-state index in [2.05, 4.69) is 30.8 Å². The van der Waals surface area contributed by atoms with Crippen molar-refractivity contribution in [3.63, 3.8) is 0 Å². The van der Waals surface area contributed by atoms with E-state index in [1.54, 1.807) is 28.1 Å². The lowest BCUT2D eigenvalue weighted by Gasteiger charge is -2.28. The zero-order chi connectivity index (χ0) is 25.9. The molecule has 10 heteroatoms. The summed E-state index contributed by atoms with van der Waals surface area (Å²) < 4.78 is 13.6. The summed E-state index contributed by atoms with van der Waals surface area (Å²) in [6.07, 6.45) is 4.83. The number of carbonyl (C=O) groups excluding carboxylic acids is 1. The zero-order valence-electron chi connectivity index (χ0n) is 21.4. The number of nitrogens with zero attached hydrogens (tertiary/aromatic N) is 5. The number of pyridine rings is 1. The summed E-state index contributed by atoms with van der Waals surface area (Å²) in [4.78, 5) is 26.0. The van der Waals surface area contributed by atoms with Gasteiger partial charge in [0.05, 0.1) is 41.2 Å². The van der Waals surface area contributed by atoms with Gasteiger partial charge in [0.15, 0.2) is 5.65 Å². The molecule has 2 atom stereocenters. The van der Waals surface area contributed by atoms with Crippen LogP contribution in [-0.2, 0) is 11.2 Å². The fourth-order valence-electron chi connectivity index (χ4n) is 4.85. The summed E-state index contributed by atoms with van der Waals surface area (Å²) in [6.45, 7) is 9.35. The molecule has 5 heterocycles. The minimum Gasteiger partial charge on any atom is -0.472 e. The molecule has 4 aromatic rings. The van der Waals surface area contributed by atoms with Gasteiger partial charge in [0, 0.05) is 29.8 Å². The van der Waals surface area contributed by atoms with Crippen LogP contribution in [0, 0.1) is 0 Å². The van der Waals surface area contributed by atoms with E-state index in [-0.39, 0.29) is 12.1 Å². The number of fused-ring (bicyclic) bond motifs is 1. The number of primary amides is 1. The third-order valence-electron chi connectivity index (χ3n) is 6.87. The van der Waals surface area contributed by atoms with E-state index in [0.29, 0.717) is 48.0 Å². The second kappa shape index (κ2) is 11.0. The molecule has 1 amide bonds. The molecule has 4 aromatic heterocycles. The molecule has 1 aliphatic heterocycles. The molecule has 1 fully saturated rings. The summed E-state index contributed by atoms with van der Waals surface area (Å²) in [5, 5.41) is 6.50. The number of ether oxygens (including phenoxy) is 2. The van der Waals surface area contributed by atoms with Gasteiger partial charge in [-0.3, -0.25) is 4.79 Å². The van der Waals surface area contributed by atoms with Gasteiger partial charge in [-0.15, -0.1) is 11.3 Å². The maximum absolute atomic E-state index is 12.8. The predicted octanol–water partition coefficient (Wildman–Crippen LogP) is 4.06. The Bertz CT molecular complexity index is 1380. The molecular formula is C27H32N6O3S. The van der Waals surface area contributed by atoms with Crippen LogP contribution in [0.2, 0.25) is 0 Å². The van der Waals surface area contributed by atoms with Crippen molar-refractivity contribution in [1.82, 2.24) is 24.5 Å². The Balaban J connectivity index is 1.63. The van der Waals surface area contributed by atoms with Gasteiger partial charge in [-0.1, -0.05) is 19.9 Å². The first-order valence-corrected chi connectivity index (χ1v) is 13.6. The van der Waals surface area contributed by atoms with Gasteiger partial charge in [-0.05, 0) is 50.0 Å². The lowest BCUT2D eigenvalue weighted by Crippen LogP contribution is -2.35. The third kappa shape index (κ3) is 5.22. The van der Waals surface area contributed by atoms with E-state index in [1.165, 1.54) is 0 Å². The summed E-state index contributed by atoms with van der Waals surface area (Å²) in [5.74, 6) is -0.0869. The van der Waals surface area contributed by atoms with Crippen molar-refractivity contribution in [3.8, 4) is 27.7 Å². The van der Waals surface area contributed by atoms with Gasteiger partial charge in [-0.2, -0.15) is 5.10 Å². The quantitative estimate of drug-likeness (QED) is 0.336. The van der Waals surface area contributed by atoms with Gasteiger partial charge in [-0.25, -0.2) is 14.5 Å². The lowest BCUT2D eigenvalue weighted by atomic mass is 9.99. The van der Waals surface area contributed by atoms with Crippen LogP contribution in [-0.4, -0.2) is 68.8 Å². The molecule has 2 N–H and O–H groups in total. The minimum atomic E-state index is -0.512. The van der Waals surface area contributed by atoms with Gasteiger partial charge >= 0.3 is 0 Å². The molecule has 1 saturated heterocycles. The topological polar surface area (TPSA) is 108 Å². The molecule has 0 saturated carbocycles. The van der Waals surface area contributed by atoms with Crippen LogP contribution < -0.4 is 10.5 Å². The summed E-state index contributed by atoms with van der Waals surface area (Å²) in [7, 11) is 0. The van der Waals surface area contributed by atoms with Crippen LogP contribution >= 0.6 is 11.3 Å². The largest absolute Gasteiger partial charge is 0.472 e. The van der Waals surface area contributed by atoms with Crippen LogP contribution in [0.3, 0.4) is 0 Å². The molecule has 194 valence electrons. The molecule has 1 aliphatic rings. The van der Waals surface area contributed by atoms with E-state index in [9.17, 15) is 4.79 Å². The van der Waals surface area contributed by atoms with Crippen LogP contribution in [0.25, 0.3) is 27.5 Å². The number of likely N-dealkylation sites (N-methyl/N-ethyl adjacent to an activating group) is 1.